The number of nitrogens with one attached hydrogen (secondary N) is 1. The van der Waals surface area contributed by atoms with Gasteiger partial charge in [-0.2, -0.15) is 9.36 Å². The van der Waals surface area contributed by atoms with Crippen LogP contribution in [-0.4, -0.2) is 40.6 Å². The summed E-state index contributed by atoms with van der Waals surface area (Å²) in [5.74, 6) is 1.50. The van der Waals surface area contributed by atoms with Gasteiger partial charge in [-0.15, -0.1) is 0 Å². The zero-order chi connectivity index (χ0) is 19.2. The molecule has 0 radical (unpaired) electrons. The van der Waals surface area contributed by atoms with E-state index in [4.69, 9.17) is 21.7 Å². The third-order valence-electron chi connectivity index (χ3n) is 4.09. The normalized spacial score (nSPS) is 12.0. The molecule has 1 unspecified atom stereocenters. The molecular formula is C19H24N5O2S+. The summed E-state index contributed by atoms with van der Waals surface area (Å²) in [6, 6.07) is 15.8. The second kappa shape index (κ2) is 8.79. The van der Waals surface area contributed by atoms with E-state index in [1.165, 1.54) is 4.90 Å². The monoisotopic (exact) mass is 386 g/mol. The van der Waals surface area contributed by atoms with Crippen LogP contribution in [0.5, 0.6) is 11.5 Å². The van der Waals surface area contributed by atoms with Crippen molar-refractivity contribution >= 4 is 12.2 Å². The highest BCUT2D eigenvalue weighted by Gasteiger charge is 2.12. The molecule has 1 heterocycles. The molecule has 0 amide bonds. The number of benzene rings is 2. The third kappa shape index (κ3) is 4.53. The first kappa shape index (κ1) is 19.1. The van der Waals surface area contributed by atoms with Crippen molar-refractivity contribution in [1.29, 1.82) is 0 Å². The van der Waals surface area contributed by atoms with E-state index >= 15 is 0 Å². The van der Waals surface area contributed by atoms with E-state index in [0.29, 0.717) is 18.0 Å². The largest absolute Gasteiger partial charge is 0.493 e. The van der Waals surface area contributed by atoms with Crippen molar-refractivity contribution in [3.05, 3.63) is 58.9 Å². The first-order valence-electron chi connectivity index (χ1n) is 8.81. The van der Waals surface area contributed by atoms with Crippen LogP contribution in [0.4, 0.5) is 0 Å². The standard InChI is InChI=1S/C19H23N5O2S/c1-4-26-17-11-10-15(12-18(17)25-3)13-22(2)14-23-19(27)24(21-20-23)16-8-6-5-7-9-16/h5-12H,4,13-14H2,1-3H3/p+1. The molecule has 0 bridgehead atoms. The summed E-state index contributed by atoms with van der Waals surface area (Å²) >= 11 is 5.53. The molecule has 27 heavy (non-hydrogen) atoms. The highest BCUT2D eigenvalue weighted by atomic mass is 32.1. The quantitative estimate of drug-likeness (QED) is 0.599. The van der Waals surface area contributed by atoms with Gasteiger partial charge in [-0.1, -0.05) is 18.2 Å². The third-order valence-corrected chi connectivity index (χ3v) is 4.48. The number of quaternary nitrogens is 1. The lowest BCUT2D eigenvalue weighted by Crippen LogP contribution is -3.07. The fourth-order valence-electron chi connectivity index (χ4n) is 2.86. The van der Waals surface area contributed by atoms with E-state index in [1.54, 1.807) is 16.5 Å². The van der Waals surface area contributed by atoms with Gasteiger partial charge in [-0.3, -0.25) is 0 Å². The topological polar surface area (TPSA) is 58.5 Å². The highest BCUT2D eigenvalue weighted by Crippen LogP contribution is 2.27. The Kier molecular flexibility index (Phi) is 6.20. The van der Waals surface area contributed by atoms with Crippen molar-refractivity contribution in [1.82, 2.24) is 19.8 Å². The molecule has 0 spiro atoms. The maximum Gasteiger partial charge on any atom is 0.225 e. The Morgan fingerprint density at radius 3 is 2.56 bits per heavy atom. The lowest BCUT2D eigenvalue weighted by Gasteiger charge is -2.15. The summed E-state index contributed by atoms with van der Waals surface area (Å²) < 4.78 is 15.0. The second-order valence-corrected chi connectivity index (χ2v) is 6.58. The number of para-hydroxylation sites is 1. The first-order chi connectivity index (χ1) is 13.1. The molecule has 3 rings (SSSR count). The van der Waals surface area contributed by atoms with Crippen LogP contribution in [0, 0.1) is 4.77 Å². The summed E-state index contributed by atoms with van der Waals surface area (Å²) in [6.07, 6.45) is 0. The first-order valence-corrected chi connectivity index (χ1v) is 9.22. The van der Waals surface area contributed by atoms with Crippen molar-refractivity contribution in [2.75, 3.05) is 20.8 Å². The molecule has 0 saturated carbocycles. The Morgan fingerprint density at radius 1 is 1.07 bits per heavy atom. The van der Waals surface area contributed by atoms with Gasteiger partial charge in [0.15, 0.2) is 18.2 Å². The minimum absolute atomic E-state index is 0.574. The smallest absolute Gasteiger partial charge is 0.225 e. The van der Waals surface area contributed by atoms with Crippen LogP contribution in [0.1, 0.15) is 12.5 Å². The van der Waals surface area contributed by atoms with E-state index in [1.807, 2.05) is 49.4 Å². The predicted molar refractivity (Wildman–Crippen MR) is 105 cm³/mol. The van der Waals surface area contributed by atoms with Gasteiger partial charge in [0.25, 0.3) is 0 Å². The molecular weight excluding hydrogens is 362 g/mol. The van der Waals surface area contributed by atoms with Crippen molar-refractivity contribution in [3.8, 4) is 17.2 Å². The van der Waals surface area contributed by atoms with Gasteiger partial charge in [0.05, 0.1) is 26.5 Å². The number of tetrazole rings is 1. The summed E-state index contributed by atoms with van der Waals surface area (Å²) in [7, 11) is 3.74. The van der Waals surface area contributed by atoms with E-state index in [-0.39, 0.29) is 0 Å². The summed E-state index contributed by atoms with van der Waals surface area (Å²) in [4.78, 5) is 1.22. The molecule has 1 N–H and O–H groups in total. The number of methoxy groups -OCH3 is 1. The molecule has 0 aliphatic heterocycles. The van der Waals surface area contributed by atoms with E-state index in [9.17, 15) is 0 Å². The fraction of sp³-hybridized carbons (Fsp3) is 0.316. The lowest BCUT2D eigenvalue weighted by atomic mass is 10.2. The average molecular weight is 387 g/mol. The van der Waals surface area contributed by atoms with Gasteiger partial charge >= 0.3 is 0 Å². The second-order valence-electron chi connectivity index (χ2n) is 6.22. The molecule has 2 aromatic carbocycles. The van der Waals surface area contributed by atoms with Crippen LogP contribution in [0.2, 0.25) is 0 Å². The zero-order valence-corrected chi connectivity index (χ0v) is 16.6. The summed E-state index contributed by atoms with van der Waals surface area (Å²) in [5.41, 5.74) is 2.05. The van der Waals surface area contributed by atoms with Crippen molar-refractivity contribution < 1.29 is 14.4 Å². The van der Waals surface area contributed by atoms with Crippen molar-refractivity contribution in [2.24, 2.45) is 0 Å². The number of ether oxygens (including phenoxy) is 2. The van der Waals surface area contributed by atoms with Crippen LogP contribution >= 0.6 is 12.2 Å². The van der Waals surface area contributed by atoms with Gasteiger partial charge in [0, 0.05) is 5.56 Å². The van der Waals surface area contributed by atoms with Gasteiger partial charge in [0.1, 0.15) is 6.54 Å². The maximum atomic E-state index is 5.57. The lowest BCUT2D eigenvalue weighted by molar-refractivity contribution is -0.917. The number of hydrogen-bond donors (Lipinski definition) is 1. The Hall–Kier alpha value is -2.71. The summed E-state index contributed by atoms with van der Waals surface area (Å²) in [5, 5.41) is 8.39. The minimum atomic E-state index is 0.574. The van der Waals surface area contributed by atoms with Crippen molar-refractivity contribution in [3.63, 3.8) is 0 Å². The van der Waals surface area contributed by atoms with Gasteiger partial charge < -0.3 is 14.4 Å². The molecule has 0 aliphatic rings. The van der Waals surface area contributed by atoms with Crippen molar-refractivity contribution in [2.45, 2.75) is 20.1 Å². The number of aromatic nitrogens is 4. The molecule has 0 saturated heterocycles. The summed E-state index contributed by atoms with van der Waals surface area (Å²) in [6.45, 7) is 3.97. The Labute approximate surface area is 163 Å². The van der Waals surface area contributed by atoms with Crippen LogP contribution < -0.4 is 14.4 Å². The Morgan fingerprint density at radius 2 is 1.85 bits per heavy atom. The SMILES string of the molecule is CCOc1ccc(C[NH+](C)Cn2nnn(-c3ccccc3)c2=S)cc1OC. The highest BCUT2D eigenvalue weighted by molar-refractivity contribution is 7.71. The molecule has 142 valence electrons. The Bertz CT molecular complexity index is 939. The van der Waals surface area contributed by atoms with Crippen LogP contribution in [-0.2, 0) is 13.2 Å². The molecule has 1 atom stereocenters. The zero-order valence-electron chi connectivity index (χ0n) is 15.8. The Balaban J connectivity index is 1.71. The van der Waals surface area contributed by atoms with Crippen LogP contribution in [0.15, 0.2) is 48.5 Å². The van der Waals surface area contributed by atoms with Gasteiger partial charge in [0.2, 0.25) is 4.77 Å². The molecule has 3 aromatic rings. The molecule has 0 fully saturated rings. The minimum Gasteiger partial charge on any atom is -0.493 e. The number of hydrogen-bond acceptors (Lipinski definition) is 5. The van der Waals surface area contributed by atoms with E-state index in [2.05, 4.69) is 23.5 Å². The predicted octanol–water partition coefficient (Wildman–Crippen LogP) is 1.88. The molecule has 7 nitrogen and oxygen atoms in total. The molecule has 0 aliphatic carbocycles. The fourth-order valence-corrected chi connectivity index (χ4v) is 3.10. The van der Waals surface area contributed by atoms with E-state index in [0.717, 1.165) is 29.3 Å². The average Bonchev–Trinajstić information content (AvgIpc) is 3.04. The maximum absolute atomic E-state index is 5.57. The number of rotatable bonds is 8. The van der Waals surface area contributed by atoms with Crippen LogP contribution in [0.25, 0.3) is 5.69 Å². The van der Waals surface area contributed by atoms with Gasteiger partial charge in [-0.25, -0.2) is 0 Å². The molecule has 8 heteroatoms. The number of nitrogens with zero attached hydrogens (tertiary/aromatic N) is 4. The van der Waals surface area contributed by atoms with Crippen LogP contribution in [0.3, 0.4) is 0 Å². The molecule has 1 aromatic heterocycles. The van der Waals surface area contributed by atoms with Gasteiger partial charge in [-0.05, 0) is 59.9 Å². The van der Waals surface area contributed by atoms with E-state index < -0.39 is 0 Å².